The van der Waals surface area contributed by atoms with E-state index < -0.39 is 0 Å². The highest BCUT2D eigenvalue weighted by Gasteiger charge is 2.16. The summed E-state index contributed by atoms with van der Waals surface area (Å²) in [4.78, 5) is 21.7. The number of fused-ring (bicyclic) bond motifs is 1. The third-order valence-electron chi connectivity index (χ3n) is 4.74. The Morgan fingerprint density at radius 2 is 1.97 bits per heavy atom. The van der Waals surface area contributed by atoms with E-state index in [2.05, 4.69) is 32.5 Å². The van der Waals surface area contributed by atoms with Gasteiger partial charge in [0.2, 0.25) is 0 Å². The van der Waals surface area contributed by atoms with E-state index in [0.29, 0.717) is 28.6 Å². The predicted octanol–water partition coefficient (Wildman–Crippen LogP) is 4.05. The van der Waals surface area contributed by atoms with Crippen LogP contribution in [0.1, 0.15) is 22.3 Å². The lowest BCUT2D eigenvalue weighted by molar-refractivity contribution is 0.0955. The Labute approximate surface area is 173 Å². The second kappa shape index (κ2) is 8.41. The molecule has 0 radical (unpaired) electrons. The molecule has 0 bridgehead atoms. The van der Waals surface area contributed by atoms with Crippen LogP contribution in [0.15, 0.2) is 60.9 Å². The largest absolute Gasteiger partial charge is 0.352 e. The molecule has 0 aliphatic rings. The lowest BCUT2D eigenvalue weighted by Gasteiger charge is -2.09. The molecule has 0 saturated heterocycles. The summed E-state index contributed by atoms with van der Waals surface area (Å²) < 4.78 is 1.66. The van der Waals surface area contributed by atoms with Gasteiger partial charge in [0.25, 0.3) is 5.91 Å². The van der Waals surface area contributed by atoms with Crippen LogP contribution in [0.25, 0.3) is 22.3 Å². The van der Waals surface area contributed by atoms with Crippen LogP contribution in [-0.4, -0.2) is 32.2 Å². The fourth-order valence-electron chi connectivity index (χ4n) is 3.21. The summed E-state index contributed by atoms with van der Waals surface area (Å²) in [5.74, 6) is -0.137. The molecule has 0 spiro atoms. The number of carbonyl (C=O) groups is 1. The zero-order valence-electron chi connectivity index (χ0n) is 16.0. The predicted molar refractivity (Wildman–Crippen MR) is 114 cm³/mol. The number of pyridine rings is 2. The second-order valence-corrected chi connectivity index (χ2v) is 7.16. The van der Waals surface area contributed by atoms with E-state index in [1.165, 1.54) is 5.56 Å². The molecule has 0 fully saturated rings. The first kappa shape index (κ1) is 19.1. The van der Waals surface area contributed by atoms with Crippen molar-refractivity contribution in [1.82, 2.24) is 25.1 Å². The molecule has 1 amide bonds. The monoisotopic (exact) mass is 405 g/mol. The molecule has 0 aliphatic heterocycles. The minimum absolute atomic E-state index is 0.137. The van der Waals surface area contributed by atoms with Crippen LogP contribution in [0.5, 0.6) is 0 Å². The van der Waals surface area contributed by atoms with Gasteiger partial charge in [-0.05, 0) is 36.6 Å². The summed E-state index contributed by atoms with van der Waals surface area (Å²) in [5, 5.41) is 8.41. The molecule has 1 N–H and O–H groups in total. The summed E-state index contributed by atoms with van der Waals surface area (Å²) in [7, 11) is 1.81. The Hall–Kier alpha value is -3.25. The molecule has 0 aliphatic carbocycles. The summed E-state index contributed by atoms with van der Waals surface area (Å²) >= 11 is 5.89. The van der Waals surface area contributed by atoms with Crippen molar-refractivity contribution >= 4 is 28.5 Å². The van der Waals surface area contributed by atoms with Crippen molar-refractivity contribution in [2.45, 2.75) is 12.8 Å². The Morgan fingerprint density at radius 3 is 2.72 bits per heavy atom. The SMILES string of the molecule is Cn1ncc2c(C(=O)NCCCc3ccccc3)cc(-c3ccc(Cl)nc3)nc21. The van der Waals surface area contributed by atoms with Crippen molar-refractivity contribution in [3.8, 4) is 11.3 Å². The molecule has 4 aromatic rings. The fourth-order valence-corrected chi connectivity index (χ4v) is 3.32. The van der Waals surface area contributed by atoms with Crippen LogP contribution in [-0.2, 0) is 13.5 Å². The van der Waals surface area contributed by atoms with Crippen LogP contribution in [0.4, 0.5) is 0 Å². The highest BCUT2D eigenvalue weighted by molar-refractivity contribution is 6.29. The van der Waals surface area contributed by atoms with Crippen molar-refractivity contribution in [2.24, 2.45) is 7.05 Å². The Balaban J connectivity index is 1.55. The zero-order chi connectivity index (χ0) is 20.2. The topological polar surface area (TPSA) is 72.7 Å². The first-order chi connectivity index (χ1) is 14.1. The average Bonchev–Trinajstić information content (AvgIpc) is 3.12. The number of aryl methyl sites for hydroxylation is 2. The van der Waals surface area contributed by atoms with E-state index in [1.807, 2.05) is 24.3 Å². The molecule has 6 nitrogen and oxygen atoms in total. The molecule has 0 unspecified atom stereocenters. The van der Waals surface area contributed by atoms with E-state index >= 15 is 0 Å². The van der Waals surface area contributed by atoms with Gasteiger partial charge >= 0.3 is 0 Å². The maximum Gasteiger partial charge on any atom is 0.252 e. The number of benzene rings is 1. The Kier molecular flexibility index (Phi) is 5.53. The van der Waals surface area contributed by atoms with Gasteiger partial charge in [-0.1, -0.05) is 41.9 Å². The van der Waals surface area contributed by atoms with Gasteiger partial charge in [-0.3, -0.25) is 9.48 Å². The van der Waals surface area contributed by atoms with Gasteiger partial charge in [0.15, 0.2) is 5.65 Å². The van der Waals surface area contributed by atoms with Crippen LogP contribution in [0.3, 0.4) is 0 Å². The van der Waals surface area contributed by atoms with E-state index in [1.54, 1.807) is 36.3 Å². The molecule has 4 rings (SSSR count). The summed E-state index contributed by atoms with van der Waals surface area (Å²) in [6.07, 6.45) is 5.10. The summed E-state index contributed by atoms with van der Waals surface area (Å²) in [6, 6.07) is 15.6. The van der Waals surface area contributed by atoms with E-state index in [4.69, 9.17) is 11.6 Å². The maximum atomic E-state index is 12.9. The molecule has 3 aromatic heterocycles. The molecule has 146 valence electrons. The number of aromatic nitrogens is 4. The number of hydrogen-bond acceptors (Lipinski definition) is 4. The number of amides is 1. The number of nitrogens with one attached hydrogen (secondary N) is 1. The van der Waals surface area contributed by atoms with Crippen molar-refractivity contribution in [2.75, 3.05) is 6.54 Å². The van der Waals surface area contributed by atoms with Gasteiger partial charge in [0, 0.05) is 25.4 Å². The molecule has 0 saturated carbocycles. The quantitative estimate of drug-likeness (QED) is 0.388. The molecular formula is C22H20ClN5O. The number of halogens is 1. The van der Waals surface area contributed by atoms with Gasteiger partial charge in [-0.15, -0.1) is 0 Å². The normalized spacial score (nSPS) is 11.0. The maximum absolute atomic E-state index is 12.9. The Morgan fingerprint density at radius 1 is 1.14 bits per heavy atom. The molecular weight excluding hydrogens is 386 g/mol. The summed E-state index contributed by atoms with van der Waals surface area (Å²) in [6.45, 7) is 0.593. The van der Waals surface area contributed by atoms with Crippen molar-refractivity contribution < 1.29 is 4.79 Å². The standard InChI is InChI=1S/C22H20ClN5O/c1-28-21-18(14-26-28)17(12-19(27-21)16-9-10-20(23)25-13-16)22(29)24-11-5-8-15-6-3-2-4-7-15/h2-4,6-7,9-10,12-14H,5,8,11H2,1H3,(H,24,29). The second-order valence-electron chi connectivity index (χ2n) is 6.78. The van der Waals surface area contributed by atoms with Crippen LogP contribution < -0.4 is 5.32 Å². The molecule has 29 heavy (non-hydrogen) atoms. The van der Waals surface area contributed by atoms with Gasteiger partial charge in [0.1, 0.15) is 5.15 Å². The Bertz CT molecular complexity index is 1140. The number of rotatable bonds is 6. The molecule has 1 aromatic carbocycles. The van der Waals surface area contributed by atoms with Crippen molar-refractivity contribution in [3.63, 3.8) is 0 Å². The van der Waals surface area contributed by atoms with Crippen molar-refractivity contribution in [1.29, 1.82) is 0 Å². The zero-order valence-corrected chi connectivity index (χ0v) is 16.7. The van der Waals surface area contributed by atoms with E-state index in [0.717, 1.165) is 23.8 Å². The highest BCUT2D eigenvalue weighted by Crippen LogP contribution is 2.25. The number of nitrogens with zero attached hydrogens (tertiary/aromatic N) is 4. The average molecular weight is 406 g/mol. The van der Waals surface area contributed by atoms with Gasteiger partial charge in [-0.2, -0.15) is 5.10 Å². The van der Waals surface area contributed by atoms with Crippen molar-refractivity contribution in [3.05, 3.63) is 77.2 Å². The lowest BCUT2D eigenvalue weighted by atomic mass is 10.1. The third-order valence-corrected chi connectivity index (χ3v) is 4.97. The van der Waals surface area contributed by atoms with Gasteiger partial charge in [-0.25, -0.2) is 9.97 Å². The lowest BCUT2D eigenvalue weighted by Crippen LogP contribution is -2.25. The first-order valence-electron chi connectivity index (χ1n) is 9.38. The summed E-state index contributed by atoms with van der Waals surface area (Å²) in [5.41, 5.74) is 3.90. The molecule has 7 heteroatoms. The third kappa shape index (κ3) is 4.27. The number of carbonyl (C=O) groups excluding carboxylic acids is 1. The first-order valence-corrected chi connectivity index (χ1v) is 9.76. The smallest absolute Gasteiger partial charge is 0.252 e. The fraction of sp³-hybridized carbons (Fsp3) is 0.182. The minimum atomic E-state index is -0.137. The number of hydrogen-bond donors (Lipinski definition) is 1. The molecule has 0 atom stereocenters. The van der Waals surface area contributed by atoms with Gasteiger partial charge < -0.3 is 5.32 Å². The molecule has 3 heterocycles. The minimum Gasteiger partial charge on any atom is -0.352 e. The van der Waals surface area contributed by atoms with Gasteiger partial charge in [0.05, 0.1) is 22.8 Å². The van der Waals surface area contributed by atoms with E-state index in [9.17, 15) is 4.79 Å². The van der Waals surface area contributed by atoms with E-state index in [-0.39, 0.29) is 5.91 Å². The van der Waals surface area contributed by atoms with Crippen LogP contribution in [0.2, 0.25) is 5.15 Å². The van der Waals surface area contributed by atoms with Crippen LogP contribution in [0, 0.1) is 0 Å². The highest BCUT2D eigenvalue weighted by atomic mass is 35.5. The van der Waals surface area contributed by atoms with Crippen LogP contribution >= 0.6 is 11.6 Å².